The molecule has 2 amide bonds. The molecular formula is C20H28N2O3. The zero-order valence-electron chi connectivity index (χ0n) is 15.1. The highest BCUT2D eigenvalue weighted by Crippen LogP contribution is 2.34. The Bertz CT molecular complexity index is 609. The molecule has 0 radical (unpaired) electrons. The Hall–Kier alpha value is -2.04. The van der Waals surface area contributed by atoms with E-state index in [-0.39, 0.29) is 18.4 Å². The van der Waals surface area contributed by atoms with Crippen LogP contribution in [0.1, 0.15) is 50.0 Å². The average molecular weight is 344 g/mol. The lowest BCUT2D eigenvalue weighted by atomic mass is 9.89. The van der Waals surface area contributed by atoms with Gasteiger partial charge in [0.15, 0.2) is 0 Å². The van der Waals surface area contributed by atoms with E-state index in [2.05, 4.69) is 6.07 Å². The van der Waals surface area contributed by atoms with Crippen LogP contribution in [0.4, 0.5) is 0 Å². The Morgan fingerprint density at radius 3 is 2.64 bits per heavy atom. The SMILES string of the molecule is COc1ccccc1C1CCN(C(=O)CN2CCCCCC2=O)CC1. The van der Waals surface area contributed by atoms with Crippen LogP contribution in [-0.4, -0.2) is 54.9 Å². The third-order valence-corrected chi connectivity index (χ3v) is 5.42. The summed E-state index contributed by atoms with van der Waals surface area (Å²) in [5, 5.41) is 0. The predicted octanol–water partition coefficient (Wildman–Crippen LogP) is 2.80. The Morgan fingerprint density at radius 2 is 1.88 bits per heavy atom. The molecule has 0 unspecified atom stereocenters. The van der Waals surface area contributed by atoms with E-state index >= 15 is 0 Å². The molecule has 0 aromatic heterocycles. The Kier molecular flexibility index (Phi) is 5.95. The van der Waals surface area contributed by atoms with Gasteiger partial charge in [-0.15, -0.1) is 0 Å². The van der Waals surface area contributed by atoms with Gasteiger partial charge in [-0.05, 0) is 43.2 Å². The molecule has 1 aromatic carbocycles. The number of carbonyl (C=O) groups excluding carboxylic acids is 2. The molecule has 0 spiro atoms. The van der Waals surface area contributed by atoms with Gasteiger partial charge >= 0.3 is 0 Å². The maximum absolute atomic E-state index is 12.6. The van der Waals surface area contributed by atoms with E-state index in [1.54, 1.807) is 12.0 Å². The lowest BCUT2D eigenvalue weighted by Gasteiger charge is -2.34. The van der Waals surface area contributed by atoms with Crippen molar-refractivity contribution in [3.63, 3.8) is 0 Å². The topological polar surface area (TPSA) is 49.9 Å². The number of amides is 2. The van der Waals surface area contributed by atoms with Crippen molar-refractivity contribution < 1.29 is 14.3 Å². The molecule has 136 valence electrons. The second-order valence-corrected chi connectivity index (χ2v) is 7.02. The van der Waals surface area contributed by atoms with Gasteiger partial charge in [0.2, 0.25) is 11.8 Å². The largest absolute Gasteiger partial charge is 0.496 e. The fraction of sp³-hybridized carbons (Fsp3) is 0.600. The molecule has 2 aliphatic rings. The second-order valence-electron chi connectivity index (χ2n) is 7.02. The fourth-order valence-corrected chi connectivity index (χ4v) is 3.91. The van der Waals surface area contributed by atoms with Gasteiger partial charge in [-0.3, -0.25) is 9.59 Å². The van der Waals surface area contributed by atoms with E-state index in [1.165, 1.54) is 5.56 Å². The molecule has 2 fully saturated rings. The van der Waals surface area contributed by atoms with Crippen molar-refractivity contribution in [2.24, 2.45) is 0 Å². The molecule has 0 aliphatic carbocycles. The van der Waals surface area contributed by atoms with Gasteiger partial charge in [-0.2, -0.15) is 0 Å². The number of para-hydroxylation sites is 1. The van der Waals surface area contributed by atoms with Crippen molar-refractivity contribution in [2.45, 2.75) is 44.4 Å². The van der Waals surface area contributed by atoms with Crippen LogP contribution in [0.5, 0.6) is 5.75 Å². The second kappa shape index (κ2) is 8.37. The zero-order chi connectivity index (χ0) is 17.6. The Labute approximate surface area is 149 Å². The predicted molar refractivity (Wildman–Crippen MR) is 96.6 cm³/mol. The maximum Gasteiger partial charge on any atom is 0.242 e. The lowest BCUT2D eigenvalue weighted by molar-refractivity contribution is -0.140. The van der Waals surface area contributed by atoms with E-state index in [0.717, 1.165) is 57.5 Å². The van der Waals surface area contributed by atoms with Crippen molar-refractivity contribution in [3.05, 3.63) is 29.8 Å². The van der Waals surface area contributed by atoms with Gasteiger partial charge in [0, 0.05) is 26.1 Å². The minimum atomic E-state index is 0.0914. The van der Waals surface area contributed by atoms with E-state index in [9.17, 15) is 9.59 Å². The highest BCUT2D eigenvalue weighted by Gasteiger charge is 2.27. The molecule has 5 heteroatoms. The van der Waals surface area contributed by atoms with Crippen molar-refractivity contribution in [1.29, 1.82) is 0 Å². The molecule has 25 heavy (non-hydrogen) atoms. The first kappa shape index (κ1) is 17.8. The number of likely N-dealkylation sites (tertiary alicyclic amines) is 2. The summed E-state index contributed by atoms with van der Waals surface area (Å²) in [6.45, 7) is 2.48. The third kappa shape index (κ3) is 4.33. The zero-order valence-corrected chi connectivity index (χ0v) is 15.1. The lowest BCUT2D eigenvalue weighted by Crippen LogP contribution is -2.45. The molecule has 3 rings (SSSR count). The smallest absolute Gasteiger partial charge is 0.242 e. The molecular weight excluding hydrogens is 316 g/mol. The number of hydrogen-bond donors (Lipinski definition) is 0. The number of piperidine rings is 1. The van der Waals surface area contributed by atoms with E-state index in [1.807, 2.05) is 23.1 Å². The summed E-state index contributed by atoms with van der Waals surface area (Å²) < 4.78 is 5.47. The summed E-state index contributed by atoms with van der Waals surface area (Å²) in [5.74, 6) is 1.59. The molecule has 0 N–H and O–H groups in total. The molecule has 2 heterocycles. The van der Waals surface area contributed by atoms with Crippen LogP contribution < -0.4 is 4.74 Å². The fourth-order valence-electron chi connectivity index (χ4n) is 3.91. The number of nitrogens with zero attached hydrogens (tertiary/aromatic N) is 2. The summed E-state index contributed by atoms with van der Waals surface area (Å²) in [7, 11) is 1.70. The first-order chi connectivity index (χ1) is 12.2. The number of rotatable bonds is 4. The summed E-state index contributed by atoms with van der Waals surface area (Å²) in [6.07, 6.45) is 5.52. The standard InChI is InChI=1S/C20H28N2O3/c1-25-18-8-5-4-7-17(18)16-10-13-21(14-11-16)20(24)15-22-12-6-2-3-9-19(22)23/h4-5,7-8,16H,2-3,6,9-15H2,1H3. The van der Waals surface area contributed by atoms with E-state index in [0.29, 0.717) is 12.3 Å². The Morgan fingerprint density at radius 1 is 1.12 bits per heavy atom. The van der Waals surface area contributed by atoms with E-state index in [4.69, 9.17) is 4.74 Å². The number of methoxy groups -OCH3 is 1. The van der Waals surface area contributed by atoms with Gasteiger partial charge in [0.05, 0.1) is 13.7 Å². The monoisotopic (exact) mass is 344 g/mol. The van der Waals surface area contributed by atoms with Gasteiger partial charge < -0.3 is 14.5 Å². The summed E-state index contributed by atoms with van der Waals surface area (Å²) in [4.78, 5) is 28.4. The average Bonchev–Trinajstić information content (AvgIpc) is 2.86. The highest BCUT2D eigenvalue weighted by molar-refractivity contribution is 5.85. The number of benzene rings is 1. The van der Waals surface area contributed by atoms with Gasteiger partial charge in [-0.1, -0.05) is 24.6 Å². The molecule has 0 atom stereocenters. The van der Waals surface area contributed by atoms with Crippen molar-refractivity contribution in [3.8, 4) is 5.75 Å². The molecule has 2 aliphatic heterocycles. The van der Waals surface area contributed by atoms with Crippen molar-refractivity contribution in [2.75, 3.05) is 33.3 Å². The number of ether oxygens (including phenoxy) is 1. The maximum atomic E-state index is 12.6. The van der Waals surface area contributed by atoms with Crippen molar-refractivity contribution in [1.82, 2.24) is 9.80 Å². The van der Waals surface area contributed by atoms with E-state index < -0.39 is 0 Å². The van der Waals surface area contributed by atoms with Gasteiger partial charge in [0.25, 0.3) is 0 Å². The molecule has 0 saturated carbocycles. The molecule has 5 nitrogen and oxygen atoms in total. The third-order valence-electron chi connectivity index (χ3n) is 5.42. The minimum Gasteiger partial charge on any atom is -0.496 e. The van der Waals surface area contributed by atoms with Crippen LogP contribution in [0.25, 0.3) is 0 Å². The van der Waals surface area contributed by atoms with Crippen LogP contribution in [0.2, 0.25) is 0 Å². The quantitative estimate of drug-likeness (QED) is 0.844. The first-order valence-corrected chi connectivity index (χ1v) is 9.37. The molecule has 0 bridgehead atoms. The van der Waals surface area contributed by atoms with Crippen LogP contribution in [0.3, 0.4) is 0 Å². The highest BCUT2D eigenvalue weighted by atomic mass is 16.5. The van der Waals surface area contributed by atoms with Gasteiger partial charge in [-0.25, -0.2) is 0 Å². The minimum absolute atomic E-state index is 0.0914. The summed E-state index contributed by atoms with van der Waals surface area (Å²) in [5.41, 5.74) is 1.24. The summed E-state index contributed by atoms with van der Waals surface area (Å²) >= 11 is 0. The van der Waals surface area contributed by atoms with Gasteiger partial charge in [0.1, 0.15) is 5.75 Å². The van der Waals surface area contributed by atoms with Crippen LogP contribution >= 0.6 is 0 Å². The number of carbonyl (C=O) groups is 2. The summed E-state index contributed by atoms with van der Waals surface area (Å²) in [6, 6.07) is 8.15. The first-order valence-electron chi connectivity index (χ1n) is 9.37. The van der Waals surface area contributed by atoms with Crippen LogP contribution in [0.15, 0.2) is 24.3 Å². The molecule has 1 aromatic rings. The Balaban J connectivity index is 1.54. The molecule has 2 saturated heterocycles. The normalized spacial score (nSPS) is 19.6. The van der Waals surface area contributed by atoms with Crippen LogP contribution in [-0.2, 0) is 9.59 Å². The number of hydrogen-bond acceptors (Lipinski definition) is 3. The van der Waals surface area contributed by atoms with Crippen LogP contribution in [0, 0.1) is 0 Å². The van der Waals surface area contributed by atoms with Crippen molar-refractivity contribution >= 4 is 11.8 Å².